The summed E-state index contributed by atoms with van der Waals surface area (Å²) in [5, 5.41) is 23.0. The van der Waals surface area contributed by atoms with Crippen LogP contribution < -0.4 is 5.32 Å². The standard InChI is InChI=1S/C26H30Cl2N4O3/c1-15(34)19-13-29-23-8-7-22(17-11-20(27)26(35)21(28)12-17)31-25(23)24(19)30-18-5-3-16(4-6-18)14-32(2)9-10-33/h7-8,11-13,16,18,33,35H,3-6,9-10,14H2,1-2H3,(H,29,30)/t16-,18-. The van der Waals surface area contributed by atoms with Crippen molar-refractivity contribution in [2.24, 2.45) is 5.92 Å². The molecule has 1 saturated carbocycles. The number of aliphatic hydroxyl groups excluding tert-OH is 1. The SMILES string of the molecule is CC(=O)c1cnc2ccc(-c3cc(Cl)c(O)c(Cl)c3)nc2c1N[C@H]1CC[C@H](CN(C)CCO)CC1. The number of halogens is 2. The third kappa shape index (κ3) is 5.86. The number of aromatic nitrogens is 2. The van der Waals surface area contributed by atoms with E-state index < -0.39 is 0 Å². The number of benzene rings is 1. The Bertz CT molecular complexity index is 1210. The number of fused-ring (bicyclic) bond motifs is 1. The molecule has 0 unspecified atom stereocenters. The maximum absolute atomic E-state index is 12.5. The van der Waals surface area contributed by atoms with Crippen molar-refractivity contribution in [2.75, 3.05) is 32.1 Å². The molecule has 0 amide bonds. The van der Waals surface area contributed by atoms with Crippen molar-refractivity contribution in [3.63, 3.8) is 0 Å². The van der Waals surface area contributed by atoms with Gasteiger partial charge in [0.1, 0.15) is 5.52 Å². The molecular weight excluding hydrogens is 487 g/mol. The topological polar surface area (TPSA) is 98.6 Å². The number of Topliss-reactive ketones (excluding diaryl/α,β-unsaturated/α-hetero) is 1. The summed E-state index contributed by atoms with van der Waals surface area (Å²) in [6, 6.07) is 7.12. The third-order valence-corrected chi connectivity index (χ3v) is 7.23. The van der Waals surface area contributed by atoms with Gasteiger partial charge in [0.2, 0.25) is 0 Å². The van der Waals surface area contributed by atoms with E-state index in [9.17, 15) is 9.90 Å². The number of anilines is 1. The molecule has 3 aromatic rings. The predicted molar refractivity (Wildman–Crippen MR) is 141 cm³/mol. The fourth-order valence-electron chi connectivity index (χ4n) is 4.75. The Morgan fingerprint density at radius 2 is 1.86 bits per heavy atom. The zero-order valence-corrected chi connectivity index (χ0v) is 21.4. The summed E-state index contributed by atoms with van der Waals surface area (Å²) in [5.74, 6) is 0.350. The molecule has 1 aliphatic rings. The van der Waals surface area contributed by atoms with Crippen LogP contribution >= 0.6 is 23.2 Å². The summed E-state index contributed by atoms with van der Waals surface area (Å²) in [5.41, 5.74) is 3.76. The molecular formula is C26H30Cl2N4O3. The number of carbonyl (C=O) groups is 1. The van der Waals surface area contributed by atoms with Crippen LogP contribution in [0.3, 0.4) is 0 Å². The van der Waals surface area contributed by atoms with Crippen LogP contribution in [-0.2, 0) is 0 Å². The van der Waals surface area contributed by atoms with Crippen molar-refractivity contribution in [2.45, 2.75) is 38.6 Å². The van der Waals surface area contributed by atoms with E-state index in [0.29, 0.717) is 46.0 Å². The number of aliphatic hydroxyl groups is 1. The maximum Gasteiger partial charge on any atom is 0.163 e. The summed E-state index contributed by atoms with van der Waals surface area (Å²) < 4.78 is 0. The highest BCUT2D eigenvalue weighted by atomic mass is 35.5. The number of nitrogens with zero attached hydrogens (tertiary/aromatic N) is 3. The van der Waals surface area contributed by atoms with Gasteiger partial charge in [0.05, 0.1) is 39.1 Å². The first-order valence-electron chi connectivity index (χ1n) is 11.8. The van der Waals surface area contributed by atoms with Crippen molar-refractivity contribution in [1.82, 2.24) is 14.9 Å². The number of aromatic hydroxyl groups is 1. The van der Waals surface area contributed by atoms with Gasteiger partial charge in [0, 0.05) is 30.9 Å². The van der Waals surface area contributed by atoms with Crippen LogP contribution in [0.15, 0.2) is 30.5 Å². The number of hydrogen-bond donors (Lipinski definition) is 3. The zero-order chi connectivity index (χ0) is 25.1. The van der Waals surface area contributed by atoms with Crippen LogP contribution in [-0.4, -0.2) is 63.7 Å². The Morgan fingerprint density at radius 3 is 2.49 bits per heavy atom. The number of phenolic OH excluding ortho intramolecular Hbond substituents is 1. The van der Waals surface area contributed by atoms with Gasteiger partial charge in [-0.3, -0.25) is 9.78 Å². The van der Waals surface area contributed by atoms with E-state index in [0.717, 1.165) is 32.2 Å². The largest absolute Gasteiger partial charge is 0.505 e. The lowest BCUT2D eigenvalue weighted by molar-refractivity contribution is 0.101. The summed E-state index contributed by atoms with van der Waals surface area (Å²) in [4.78, 5) is 23.9. The molecule has 2 aromatic heterocycles. The second-order valence-electron chi connectivity index (χ2n) is 9.30. The molecule has 1 aliphatic carbocycles. The molecule has 0 radical (unpaired) electrons. The third-order valence-electron chi connectivity index (χ3n) is 6.65. The highest BCUT2D eigenvalue weighted by molar-refractivity contribution is 6.37. The molecule has 1 aromatic carbocycles. The van der Waals surface area contributed by atoms with Gasteiger partial charge < -0.3 is 20.4 Å². The minimum Gasteiger partial charge on any atom is -0.505 e. The molecule has 0 bridgehead atoms. The maximum atomic E-state index is 12.5. The molecule has 0 spiro atoms. The lowest BCUT2D eigenvalue weighted by Crippen LogP contribution is -2.33. The Kier molecular flexibility index (Phi) is 8.12. The summed E-state index contributed by atoms with van der Waals surface area (Å²) in [6.07, 6.45) is 5.74. The van der Waals surface area contributed by atoms with E-state index in [1.165, 1.54) is 6.92 Å². The number of phenols is 1. The highest BCUT2D eigenvalue weighted by Crippen LogP contribution is 2.37. The average molecular weight is 517 g/mol. The van der Waals surface area contributed by atoms with Crippen molar-refractivity contribution >= 4 is 45.7 Å². The molecule has 0 atom stereocenters. The number of hydrogen-bond acceptors (Lipinski definition) is 7. The molecule has 4 rings (SSSR count). The fraction of sp³-hybridized carbons (Fsp3) is 0.423. The van der Waals surface area contributed by atoms with Gasteiger partial charge in [-0.15, -0.1) is 0 Å². The second kappa shape index (κ2) is 11.1. The van der Waals surface area contributed by atoms with Crippen LogP contribution in [0.1, 0.15) is 43.0 Å². The second-order valence-corrected chi connectivity index (χ2v) is 10.1. The number of carbonyl (C=O) groups excluding carboxylic acids is 1. The predicted octanol–water partition coefficient (Wildman–Crippen LogP) is 5.41. The Labute approximate surface area is 215 Å². The quantitative estimate of drug-likeness (QED) is 0.344. The lowest BCUT2D eigenvalue weighted by Gasteiger charge is -2.32. The van der Waals surface area contributed by atoms with Crippen LogP contribution in [0.4, 0.5) is 5.69 Å². The van der Waals surface area contributed by atoms with Crippen molar-refractivity contribution < 1.29 is 15.0 Å². The van der Waals surface area contributed by atoms with Gasteiger partial charge in [-0.1, -0.05) is 23.2 Å². The van der Waals surface area contributed by atoms with E-state index in [1.54, 1.807) is 18.3 Å². The van der Waals surface area contributed by atoms with E-state index >= 15 is 0 Å². The molecule has 35 heavy (non-hydrogen) atoms. The van der Waals surface area contributed by atoms with Crippen molar-refractivity contribution in [1.29, 1.82) is 0 Å². The molecule has 0 aliphatic heterocycles. The number of rotatable bonds is 8. The lowest BCUT2D eigenvalue weighted by atomic mass is 9.85. The van der Waals surface area contributed by atoms with E-state index in [2.05, 4.69) is 15.2 Å². The first-order valence-corrected chi connectivity index (χ1v) is 12.6. The van der Waals surface area contributed by atoms with Crippen LogP contribution in [0.25, 0.3) is 22.3 Å². The monoisotopic (exact) mass is 516 g/mol. The molecule has 2 heterocycles. The molecule has 186 valence electrons. The van der Waals surface area contributed by atoms with Crippen LogP contribution in [0.5, 0.6) is 5.75 Å². The minimum atomic E-state index is -0.168. The van der Waals surface area contributed by atoms with Crippen molar-refractivity contribution in [3.8, 4) is 17.0 Å². The molecule has 0 saturated heterocycles. The molecule has 1 fully saturated rings. The van der Waals surface area contributed by atoms with E-state index in [4.69, 9.17) is 33.3 Å². The van der Waals surface area contributed by atoms with Gasteiger partial charge in [-0.05, 0) is 69.8 Å². The van der Waals surface area contributed by atoms with E-state index in [1.807, 2.05) is 19.2 Å². The summed E-state index contributed by atoms with van der Waals surface area (Å²) in [7, 11) is 2.04. The Balaban J connectivity index is 1.63. The Morgan fingerprint density at radius 1 is 1.17 bits per heavy atom. The van der Waals surface area contributed by atoms with Gasteiger partial charge in [0.25, 0.3) is 0 Å². The first kappa shape index (κ1) is 25.6. The van der Waals surface area contributed by atoms with Gasteiger partial charge >= 0.3 is 0 Å². The smallest absolute Gasteiger partial charge is 0.163 e. The number of ketones is 1. The summed E-state index contributed by atoms with van der Waals surface area (Å²) >= 11 is 12.3. The highest BCUT2D eigenvalue weighted by Gasteiger charge is 2.24. The average Bonchev–Trinajstić information content (AvgIpc) is 2.83. The summed E-state index contributed by atoms with van der Waals surface area (Å²) in [6.45, 7) is 3.38. The molecule has 9 heteroatoms. The minimum absolute atomic E-state index is 0.0795. The zero-order valence-electron chi connectivity index (χ0n) is 19.9. The molecule has 3 N–H and O–H groups in total. The van der Waals surface area contributed by atoms with E-state index in [-0.39, 0.29) is 34.2 Å². The van der Waals surface area contributed by atoms with Gasteiger partial charge in [-0.2, -0.15) is 0 Å². The van der Waals surface area contributed by atoms with Gasteiger partial charge in [0.15, 0.2) is 11.5 Å². The number of likely N-dealkylation sites (N-methyl/N-ethyl adjacent to an activating group) is 1. The van der Waals surface area contributed by atoms with Crippen LogP contribution in [0, 0.1) is 5.92 Å². The first-order chi connectivity index (χ1) is 16.8. The van der Waals surface area contributed by atoms with Gasteiger partial charge in [-0.25, -0.2) is 4.98 Å². The number of pyridine rings is 2. The normalized spacial score (nSPS) is 18.2. The van der Waals surface area contributed by atoms with Crippen LogP contribution in [0.2, 0.25) is 10.0 Å². The Hall–Kier alpha value is -2.45. The van der Waals surface area contributed by atoms with Crippen molar-refractivity contribution in [3.05, 3.63) is 46.1 Å². The fourth-order valence-corrected chi connectivity index (χ4v) is 5.24. The number of nitrogens with one attached hydrogen (secondary N) is 1. The molecule has 7 nitrogen and oxygen atoms in total.